The second kappa shape index (κ2) is 6.77. The molecule has 0 aliphatic heterocycles. The highest BCUT2D eigenvalue weighted by molar-refractivity contribution is 7.99. The minimum absolute atomic E-state index is 0.428. The summed E-state index contributed by atoms with van der Waals surface area (Å²) < 4.78 is 1.96. The van der Waals surface area contributed by atoms with E-state index in [9.17, 15) is 0 Å². The molecule has 2 aromatic rings. The first kappa shape index (κ1) is 14.8. The number of hydrogen-bond donors (Lipinski definition) is 1. The van der Waals surface area contributed by atoms with E-state index in [1.165, 1.54) is 12.8 Å². The van der Waals surface area contributed by atoms with Crippen LogP contribution in [0.2, 0.25) is 5.02 Å². The molecule has 0 unspecified atom stereocenters. The third-order valence-electron chi connectivity index (χ3n) is 3.74. The molecule has 3 rings (SSSR count). The Labute approximate surface area is 133 Å². The first-order valence-corrected chi connectivity index (χ1v) is 8.36. The summed E-state index contributed by atoms with van der Waals surface area (Å²) in [4.78, 5) is 1.03. The van der Waals surface area contributed by atoms with Crippen molar-refractivity contribution in [1.82, 2.24) is 25.5 Å². The largest absolute Gasteiger partial charge is 0.316 e. The number of rotatable bonds is 5. The van der Waals surface area contributed by atoms with E-state index >= 15 is 0 Å². The van der Waals surface area contributed by atoms with Crippen molar-refractivity contribution in [2.75, 3.05) is 7.05 Å². The average molecular weight is 324 g/mol. The molecule has 112 valence electrons. The SMILES string of the molecule is CNCc1cccc(Cl)c1Sc1nnnn1C1CCCC1. The maximum absolute atomic E-state index is 6.37. The van der Waals surface area contributed by atoms with Gasteiger partial charge in [-0.3, -0.25) is 0 Å². The Morgan fingerprint density at radius 3 is 2.95 bits per heavy atom. The van der Waals surface area contributed by atoms with Crippen LogP contribution in [0, 0.1) is 0 Å². The molecule has 1 aliphatic rings. The summed E-state index contributed by atoms with van der Waals surface area (Å²) >= 11 is 7.92. The Morgan fingerprint density at radius 2 is 2.19 bits per heavy atom. The summed E-state index contributed by atoms with van der Waals surface area (Å²) in [5.41, 5.74) is 1.16. The predicted molar refractivity (Wildman–Crippen MR) is 83.7 cm³/mol. The number of halogens is 1. The van der Waals surface area contributed by atoms with E-state index in [1.807, 2.05) is 23.9 Å². The fourth-order valence-corrected chi connectivity index (χ4v) is 4.01. The van der Waals surface area contributed by atoms with Gasteiger partial charge < -0.3 is 5.32 Å². The van der Waals surface area contributed by atoms with Gasteiger partial charge in [0.25, 0.3) is 0 Å². The Bertz CT molecular complexity index is 609. The molecule has 1 aromatic heterocycles. The average Bonchev–Trinajstić information content (AvgIpc) is 3.13. The van der Waals surface area contributed by atoms with Crippen molar-refractivity contribution in [3.8, 4) is 0 Å². The summed E-state index contributed by atoms with van der Waals surface area (Å²) in [5, 5.41) is 17.0. The third kappa shape index (κ3) is 3.22. The van der Waals surface area contributed by atoms with Crippen LogP contribution in [-0.2, 0) is 6.54 Å². The first-order chi connectivity index (χ1) is 10.3. The van der Waals surface area contributed by atoms with Gasteiger partial charge in [0.2, 0.25) is 5.16 Å². The molecule has 5 nitrogen and oxygen atoms in total. The summed E-state index contributed by atoms with van der Waals surface area (Å²) in [6.07, 6.45) is 4.83. The normalized spacial score (nSPS) is 15.7. The molecular weight excluding hydrogens is 306 g/mol. The fraction of sp³-hybridized carbons (Fsp3) is 0.500. The Kier molecular flexibility index (Phi) is 4.77. The van der Waals surface area contributed by atoms with Crippen molar-refractivity contribution in [3.63, 3.8) is 0 Å². The smallest absolute Gasteiger partial charge is 0.214 e. The molecule has 1 heterocycles. The van der Waals surface area contributed by atoms with Gasteiger partial charge in [0.1, 0.15) is 0 Å². The Morgan fingerprint density at radius 1 is 1.38 bits per heavy atom. The number of benzene rings is 1. The van der Waals surface area contributed by atoms with E-state index in [4.69, 9.17) is 11.6 Å². The van der Waals surface area contributed by atoms with E-state index < -0.39 is 0 Å². The standard InChI is InChI=1S/C14H18ClN5S/c1-16-9-10-5-4-8-12(15)13(10)21-14-17-18-19-20(14)11-6-2-3-7-11/h4-5,8,11,16H,2-3,6-7,9H2,1H3. The first-order valence-electron chi connectivity index (χ1n) is 7.17. The molecule has 21 heavy (non-hydrogen) atoms. The van der Waals surface area contributed by atoms with Crippen LogP contribution in [0.1, 0.15) is 37.3 Å². The molecule has 0 spiro atoms. The van der Waals surface area contributed by atoms with E-state index in [2.05, 4.69) is 26.9 Å². The zero-order valence-electron chi connectivity index (χ0n) is 11.9. The van der Waals surface area contributed by atoms with E-state index in [-0.39, 0.29) is 0 Å². The minimum atomic E-state index is 0.428. The zero-order chi connectivity index (χ0) is 14.7. The van der Waals surface area contributed by atoms with Gasteiger partial charge >= 0.3 is 0 Å². The Balaban J connectivity index is 1.89. The van der Waals surface area contributed by atoms with Crippen LogP contribution >= 0.6 is 23.4 Å². The quantitative estimate of drug-likeness (QED) is 0.914. The lowest BCUT2D eigenvalue weighted by atomic mass is 10.2. The summed E-state index contributed by atoms with van der Waals surface area (Å²) in [5.74, 6) is 0. The second-order valence-corrected chi connectivity index (χ2v) is 6.59. The number of hydrogen-bond acceptors (Lipinski definition) is 5. The lowest BCUT2D eigenvalue weighted by Crippen LogP contribution is -2.09. The molecule has 1 N–H and O–H groups in total. The molecular formula is C14H18ClN5S. The van der Waals surface area contributed by atoms with Crippen LogP contribution < -0.4 is 5.32 Å². The number of nitrogens with zero attached hydrogens (tertiary/aromatic N) is 4. The lowest BCUT2D eigenvalue weighted by Gasteiger charge is -2.13. The van der Waals surface area contributed by atoms with Crippen molar-refractivity contribution in [1.29, 1.82) is 0 Å². The van der Waals surface area contributed by atoms with Gasteiger partial charge in [-0.25, -0.2) is 4.68 Å². The van der Waals surface area contributed by atoms with Crippen LogP contribution in [0.15, 0.2) is 28.3 Å². The maximum atomic E-state index is 6.37. The third-order valence-corrected chi connectivity index (χ3v) is 5.31. The van der Waals surface area contributed by atoms with Gasteiger partial charge in [-0.2, -0.15) is 0 Å². The Hall–Kier alpha value is -1.11. The van der Waals surface area contributed by atoms with Crippen LogP contribution in [0.4, 0.5) is 0 Å². The topological polar surface area (TPSA) is 55.6 Å². The summed E-state index contributed by atoms with van der Waals surface area (Å²) in [6.45, 7) is 0.772. The molecule has 0 atom stereocenters. The molecule has 0 bridgehead atoms. The highest BCUT2D eigenvalue weighted by atomic mass is 35.5. The molecule has 0 radical (unpaired) electrons. The number of aromatic nitrogens is 4. The molecule has 0 saturated heterocycles. The van der Waals surface area contributed by atoms with Crippen molar-refractivity contribution >= 4 is 23.4 Å². The van der Waals surface area contributed by atoms with Crippen molar-refractivity contribution in [2.24, 2.45) is 0 Å². The van der Waals surface area contributed by atoms with E-state index in [0.717, 1.165) is 40.0 Å². The van der Waals surface area contributed by atoms with Gasteiger partial charge in [-0.1, -0.05) is 36.6 Å². The highest BCUT2D eigenvalue weighted by Crippen LogP contribution is 2.38. The highest BCUT2D eigenvalue weighted by Gasteiger charge is 2.23. The zero-order valence-corrected chi connectivity index (χ0v) is 13.5. The van der Waals surface area contributed by atoms with Crippen LogP contribution in [-0.4, -0.2) is 27.3 Å². The number of nitrogens with one attached hydrogen (secondary N) is 1. The minimum Gasteiger partial charge on any atom is -0.316 e. The predicted octanol–water partition coefficient (Wildman–Crippen LogP) is 3.31. The summed E-state index contributed by atoms with van der Waals surface area (Å²) in [7, 11) is 1.93. The van der Waals surface area contributed by atoms with Gasteiger partial charge in [0, 0.05) is 11.4 Å². The summed E-state index contributed by atoms with van der Waals surface area (Å²) in [6, 6.07) is 6.39. The maximum Gasteiger partial charge on any atom is 0.214 e. The molecule has 1 fully saturated rings. The van der Waals surface area contributed by atoms with Gasteiger partial charge in [-0.05, 0) is 53.7 Å². The molecule has 1 saturated carbocycles. The second-order valence-electron chi connectivity index (χ2n) is 5.20. The molecule has 7 heteroatoms. The van der Waals surface area contributed by atoms with Crippen LogP contribution in [0.3, 0.4) is 0 Å². The van der Waals surface area contributed by atoms with E-state index in [0.29, 0.717) is 6.04 Å². The fourth-order valence-electron chi connectivity index (χ4n) is 2.72. The number of tetrazole rings is 1. The monoisotopic (exact) mass is 323 g/mol. The van der Waals surface area contributed by atoms with Gasteiger partial charge in [0.15, 0.2) is 0 Å². The molecule has 1 aromatic carbocycles. The van der Waals surface area contributed by atoms with E-state index in [1.54, 1.807) is 11.8 Å². The van der Waals surface area contributed by atoms with Gasteiger partial charge in [-0.15, -0.1) is 5.10 Å². The van der Waals surface area contributed by atoms with Crippen molar-refractivity contribution in [3.05, 3.63) is 28.8 Å². The van der Waals surface area contributed by atoms with Crippen LogP contribution in [0.25, 0.3) is 0 Å². The van der Waals surface area contributed by atoms with Crippen molar-refractivity contribution in [2.45, 2.75) is 48.3 Å². The molecule has 1 aliphatic carbocycles. The lowest BCUT2D eigenvalue weighted by molar-refractivity contribution is 0.423. The van der Waals surface area contributed by atoms with Gasteiger partial charge in [0.05, 0.1) is 11.1 Å². The molecule has 0 amide bonds. The van der Waals surface area contributed by atoms with Crippen molar-refractivity contribution < 1.29 is 0 Å². The van der Waals surface area contributed by atoms with Crippen LogP contribution in [0.5, 0.6) is 0 Å².